The van der Waals surface area contributed by atoms with Gasteiger partial charge in [0, 0.05) is 26.2 Å². The lowest BCUT2D eigenvalue weighted by atomic mass is 10.1. The monoisotopic (exact) mass is 394 g/mol. The summed E-state index contributed by atoms with van der Waals surface area (Å²) in [6, 6.07) is 9.99. The van der Waals surface area contributed by atoms with Crippen molar-refractivity contribution in [3.05, 3.63) is 65.2 Å². The minimum atomic E-state index is -4.15. The lowest BCUT2D eigenvalue weighted by molar-refractivity contribution is -0.131. The van der Waals surface area contributed by atoms with Crippen LogP contribution in [0.1, 0.15) is 11.1 Å². The number of amides is 1. The average molecular weight is 394 g/mol. The highest BCUT2D eigenvalue weighted by molar-refractivity contribution is 7.89. The van der Waals surface area contributed by atoms with Crippen LogP contribution in [-0.2, 0) is 21.2 Å². The Hall–Kier alpha value is -2.32. The Bertz CT molecular complexity index is 938. The molecule has 1 aliphatic rings. The Labute approximate surface area is 157 Å². The van der Waals surface area contributed by atoms with Crippen LogP contribution in [0.2, 0.25) is 0 Å². The van der Waals surface area contributed by atoms with Gasteiger partial charge in [-0.1, -0.05) is 29.8 Å². The standard InChI is InChI=1S/C19H20F2N2O3S/c1-14-2-4-15(5-3-14)12-19(24)22-8-10-23(11-9-22)27(25,26)18-13-16(20)6-7-17(18)21/h2-7,13H,8-12H2,1H3. The van der Waals surface area contributed by atoms with E-state index in [2.05, 4.69) is 0 Å². The van der Waals surface area contributed by atoms with Crippen LogP contribution in [0.25, 0.3) is 0 Å². The van der Waals surface area contributed by atoms with Gasteiger partial charge in [-0.05, 0) is 30.7 Å². The first-order valence-corrected chi connectivity index (χ1v) is 10.00. The topological polar surface area (TPSA) is 57.7 Å². The molecule has 1 amide bonds. The fourth-order valence-electron chi connectivity index (χ4n) is 2.98. The van der Waals surface area contributed by atoms with E-state index in [4.69, 9.17) is 0 Å². The van der Waals surface area contributed by atoms with Crippen LogP contribution >= 0.6 is 0 Å². The van der Waals surface area contributed by atoms with Gasteiger partial charge >= 0.3 is 0 Å². The average Bonchev–Trinajstić information content (AvgIpc) is 2.65. The van der Waals surface area contributed by atoms with E-state index in [1.807, 2.05) is 31.2 Å². The van der Waals surface area contributed by atoms with Crippen molar-refractivity contribution >= 4 is 15.9 Å². The second kappa shape index (κ2) is 7.74. The summed E-state index contributed by atoms with van der Waals surface area (Å²) in [5.74, 6) is -1.90. The maximum Gasteiger partial charge on any atom is 0.246 e. The molecule has 0 saturated carbocycles. The molecule has 144 valence electrons. The van der Waals surface area contributed by atoms with Crippen molar-refractivity contribution in [2.45, 2.75) is 18.2 Å². The Morgan fingerprint density at radius 1 is 1.00 bits per heavy atom. The van der Waals surface area contributed by atoms with E-state index in [0.717, 1.165) is 27.6 Å². The van der Waals surface area contributed by atoms with Crippen molar-refractivity contribution < 1.29 is 22.0 Å². The van der Waals surface area contributed by atoms with Crippen molar-refractivity contribution in [2.24, 2.45) is 0 Å². The van der Waals surface area contributed by atoms with Crippen molar-refractivity contribution in [1.82, 2.24) is 9.21 Å². The lowest BCUT2D eigenvalue weighted by Gasteiger charge is -2.34. The SMILES string of the molecule is Cc1ccc(CC(=O)N2CCN(S(=O)(=O)c3cc(F)ccc3F)CC2)cc1. The first-order valence-electron chi connectivity index (χ1n) is 8.56. The van der Waals surface area contributed by atoms with Gasteiger partial charge in [0.15, 0.2) is 0 Å². The van der Waals surface area contributed by atoms with E-state index in [1.165, 1.54) is 0 Å². The predicted octanol–water partition coefficient (Wildman–Crippen LogP) is 2.35. The van der Waals surface area contributed by atoms with Gasteiger partial charge < -0.3 is 4.90 Å². The normalized spacial score (nSPS) is 15.7. The summed E-state index contributed by atoms with van der Waals surface area (Å²) in [6.45, 7) is 2.46. The van der Waals surface area contributed by atoms with Gasteiger partial charge in [-0.3, -0.25) is 4.79 Å². The number of benzene rings is 2. The van der Waals surface area contributed by atoms with E-state index >= 15 is 0 Å². The predicted molar refractivity (Wildman–Crippen MR) is 96.6 cm³/mol. The molecule has 5 nitrogen and oxygen atoms in total. The molecular weight excluding hydrogens is 374 g/mol. The Balaban J connectivity index is 1.65. The van der Waals surface area contributed by atoms with Gasteiger partial charge in [0.2, 0.25) is 15.9 Å². The number of piperazine rings is 1. The Kier molecular flexibility index (Phi) is 5.57. The maximum absolute atomic E-state index is 13.9. The van der Waals surface area contributed by atoms with E-state index in [-0.39, 0.29) is 38.5 Å². The third-order valence-electron chi connectivity index (χ3n) is 4.58. The number of hydrogen-bond donors (Lipinski definition) is 0. The largest absolute Gasteiger partial charge is 0.340 e. The highest BCUT2D eigenvalue weighted by atomic mass is 32.2. The van der Waals surface area contributed by atoms with Gasteiger partial charge in [0.05, 0.1) is 6.42 Å². The summed E-state index contributed by atoms with van der Waals surface area (Å²) in [5, 5.41) is 0. The van der Waals surface area contributed by atoms with Crippen molar-refractivity contribution in [2.75, 3.05) is 26.2 Å². The van der Waals surface area contributed by atoms with Crippen LogP contribution in [0.15, 0.2) is 47.4 Å². The zero-order valence-corrected chi connectivity index (χ0v) is 15.7. The van der Waals surface area contributed by atoms with E-state index < -0.39 is 26.6 Å². The molecule has 0 aliphatic carbocycles. The molecule has 3 rings (SSSR count). The van der Waals surface area contributed by atoms with Gasteiger partial charge in [-0.25, -0.2) is 17.2 Å². The first-order chi connectivity index (χ1) is 12.8. The van der Waals surface area contributed by atoms with Gasteiger partial charge in [-0.15, -0.1) is 0 Å². The minimum Gasteiger partial charge on any atom is -0.340 e. The smallest absolute Gasteiger partial charge is 0.246 e. The molecule has 0 aromatic heterocycles. The molecule has 0 radical (unpaired) electrons. The molecule has 1 aliphatic heterocycles. The lowest BCUT2D eigenvalue weighted by Crippen LogP contribution is -2.51. The molecular formula is C19H20F2N2O3S. The van der Waals surface area contributed by atoms with Crippen molar-refractivity contribution in [3.8, 4) is 0 Å². The molecule has 0 unspecified atom stereocenters. The zero-order chi connectivity index (χ0) is 19.6. The molecule has 0 N–H and O–H groups in total. The van der Waals surface area contributed by atoms with Crippen LogP contribution in [0.5, 0.6) is 0 Å². The number of rotatable bonds is 4. The summed E-state index contributed by atoms with van der Waals surface area (Å²) in [7, 11) is -4.15. The molecule has 2 aromatic carbocycles. The second-order valence-corrected chi connectivity index (χ2v) is 8.43. The number of carbonyl (C=O) groups excluding carboxylic acids is 1. The quantitative estimate of drug-likeness (QED) is 0.800. The molecule has 1 fully saturated rings. The highest BCUT2D eigenvalue weighted by Crippen LogP contribution is 2.22. The fraction of sp³-hybridized carbons (Fsp3) is 0.316. The van der Waals surface area contributed by atoms with Crippen LogP contribution in [0.4, 0.5) is 8.78 Å². The summed E-state index contributed by atoms with van der Waals surface area (Å²) >= 11 is 0. The van der Waals surface area contributed by atoms with Gasteiger partial charge in [0.1, 0.15) is 16.5 Å². The Morgan fingerprint density at radius 2 is 1.63 bits per heavy atom. The second-order valence-electron chi connectivity index (χ2n) is 6.52. The summed E-state index contributed by atoms with van der Waals surface area (Å²) in [6.07, 6.45) is 0.242. The molecule has 0 atom stereocenters. The highest BCUT2D eigenvalue weighted by Gasteiger charge is 2.32. The molecule has 27 heavy (non-hydrogen) atoms. The summed E-state index contributed by atoms with van der Waals surface area (Å²) in [5.41, 5.74) is 2.00. The molecule has 0 bridgehead atoms. The molecule has 0 spiro atoms. The van der Waals surface area contributed by atoms with E-state index in [9.17, 15) is 22.0 Å². The van der Waals surface area contributed by atoms with Crippen molar-refractivity contribution in [3.63, 3.8) is 0 Å². The molecule has 1 saturated heterocycles. The molecule has 2 aromatic rings. The van der Waals surface area contributed by atoms with Crippen molar-refractivity contribution in [1.29, 1.82) is 0 Å². The van der Waals surface area contributed by atoms with E-state index in [1.54, 1.807) is 4.90 Å². The van der Waals surface area contributed by atoms with Gasteiger partial charge in [0.25, 0.3) is 0 Å². The number of sulfonamides is 1. The van der Waals surface area contributed by atoms with Crippen LogP contribution in [-0.4, -0.2) is 49.7 Å². The van der Waals surface area contributed by atoms with Gasteiger partial charge in [-0.2, -0.15) is 4.31 Å². The fourth-order valence-corrected chi connectivity index (χ4v) is 4.48. The minimum absolute atomic E-state index is 0.0396. The molecule has 8 heteroatoms. The molecule has 1 heterocycles. The van der Waals surface area contributed by atoms with Crippen LogP contribution in [0, 0.1) is 18.6 Å². The summed E-state index contributed by atoms with van der Waals surface area (Å²) < 4.78 is 53.4. The number of hydrogen-bond acceptors (Lipinski definition) is 3. The number of nitrogens with zero attached hydrogens (tertiary/aromatic N) is 2. The third-order valence-corrected chi connectivity index (χ3v) is 6.49. The van der Waals surface area contributed by atoms with Crippen LogP contribution in [0.3, 0.4) is 0 Å². The number of carbonyl (C=O) groups is 1. The maximum atomic E-state index is 13.9. The summed E-state index contributed by atoms with van der Waals surface area (Å²) in [4.78, 5) is 13.3. The number of aryl methyl sites for hydroxylation is 1. The van der Waals surface area contributed by atoms with Crippen LogP contribution < -0.4 is 0 Å². The third kappa shape index (κ3) is 4.33. The Morgan fingerprint density at radius 3 is 2.26 bits per heavy atom. The first kappa shape index (κ1) is 19.4. The zero-order valence-electron chi connectivity index (χ0n) is 14.9. The van der Waals surface area contributed by atoms with E-state index in [0.29, 0.717) is 6.07 Å². The number of halogens is 2.